The Labute approximate surface area is 238 Å². The number of sulfonamides is 1. The van der Waals surface area contributed by atoms with Crippen molar-refractivity contribution in [2.45, 2.75) is 50.7 Å². The van der Waals surface area contributed by atoms with Crippen LogP contribution in [0.5, 0.6) is 0 Å². The molecule has 5 rings (SSSR count). The highest BCUT2D eigenvalue weighted by Crippen LogP contribution is 2.20. The van der Waals surface area contributed by atoms with E-state index in [-0.39, 0.29) is 5.91 Å². The number of benzene rings is 3. The Bertz CT molecular complexity index is 1390. The minimum Gasteiger partial charge on any atom is -0.348 e. The van der Waals surface area contributed by atoms with Crippen LogP contribution >= 0.6 is 0 Å². The summed E-state index contributed by atoms with van der Waals surface area (Å²) in [6.45, 7) is 8.62. The number of likely N-dealkylation sites (tertiary alicyclic amines) is 1. The molecule has 0 aromatic heterocycles. The molecule has 0 aliphatic carbocycles. The molecule has 3 aromatic carbocycles. The number of piperidine rings is 1. The van der Waals surface area contributed by atoms with Crippen LogP contribution in [0, 0.1) is 6.92 Å². The van der Waals surface area contributed by atoms with Gasteiger partial charge in [0.05, 0.1) is 4.90 Å². The lowest BCUT2D eigenvalue weighted by Gasteiger charge is -2.34. The van der Waals surface area contributed by atoms with Crippen LogP contribution in [-0.4, -0.2) is 67.7 Å². The highest BCUT2D eigenvalue weighted by atomic mass is 32.2. The molecule has 0 saturated carbocycles. The Hall–Kier alpha value is -3.04. The Morgan fingerprint density at radius 3 is 2.02 bits per heavy atom. The maximum atomic E-state index is 13.0. The van der Waals surface area contributed by atoms with Gasteiger partial charge >= 0.3 is 0 Å². The first-order valence-corrected chi connectivity index (χ1v) is 15.8. The summed E-state index contributed by atoms with van der Waals surface area (Å²) >= 11 is 0. The Kier molecular flexibility index (Phi) is 9.32. The number of nitrogens with zero attached hydrogens (tertiary/aromatic N) is 3. The number of aryl methyl sites for hydroxylation is 1. The van der Waals surface area contributed by atoms with Gasteiger partial charge in [0.25, 0.3) is 5.91 Å². The molecule has 212 valence electrons. The monoisotopic (exact) mass is 560 g/mol. The summed E-state index contributed by atoms with van der Waals surface area (Å²) in [5.74, 6) is -0.0858. The molecule has 2 fully saturated rings. The van der Waals surface area contributed by atoms with E-state index in [1.165, 1.54) is 37.9 Å². The van der Waals surface area contributed by atoms with Gasteiger partial charge in [-0.25, -0.2) is 8.42 Å². The predicted octanol–water partition coefficient (Wildman–Crippen LogP) is 4.42. The predicted molar refractivity (Wildman–Crippen MR) is 158 cm³/mol. The number of carbonyl (C=O) groups is 1. The fraction of sp³-hybridized carbons (Fsp3) is 0.406. The topological polar surface area (TPSA) is 73.0 Å². The zero-order valence-corrected chi connectivity index (χ0v) is 24.2. The lowest BCUT2D eigenvalue weighted by Crippen LogP contribution is -2.48. The number of amides is 1. The summed E-state index contributed by atoms with van der Waals surface area (Å²) in [5, 5.41) is 3.08. The summed E-state index contributed by atoms with van der Waals surface area (Å²) in [7, 11) is -3.48. The summed E-state index contributed by atoms with van der Waals surface area (Å²) in [5.41, 5.74) is 5.13. The third-order valence-corrected chi connectivity index (χ3v) is 9.80. The first kappa shape index (κ1) is 28.5. The van der Waals surface area contributed by atoms with Crippen molar-refractivity contribution in [3.05, 3.63) is 101 Å². The maximum Gasteiger partial charge on any atom is 0.251 e. The van der Waals surface area contributed by atoms with E-state index in [1.54, 1.807) is 16.4 Å². The van der Waals surface area contributed by atoms with E-state index in [0.29, 0.717) is 49.7 Å². The van der Waals surface area contributed by atoms with Gasteiger partial charge in [0, 0.05) is 51.4 Å². The van der Waals surface area contributed by atoms with Gasteiger partial charge in [-0.05, 0) is 73.8 Å². The molecule has 3 aromatic rings. The molecule has 0 atom stereocenters. The second-order valence-corrected chi connectivity index (χ2v) is 13.0. The average Bonchev–Trinajstić information content (AvgIpc) is 2.97. The fourth-order valence-electron chi connectivity index (χ4n) is 5.55. The van der Waals surface area contributed by atoms with E-state index >= 15 is 0 Å². The Morgan fingerprint density at radius 2 is 1.32 bits per heavy atom. The SMILES string of the molecule is Cc1ccc(S(=O)(=O)N2CCN(Cc3cccc(C(=O)NCc4cccc(CN5CCCCC5)c4)c3)CC2)cc1. The second-order valence-electron chi connectivity index (χ2n) is 11.0. The van der Waals surface area contributed by atoms with Crippen molar-refractivity contribution in [2.24, 2.45) is 0 Å². The molecule has 1 N–H and O–H groups in total. The van der Waals surface area contributed by atoms with Crippen LogP contribution in [0.2, 0.25) is 0 Å². The lowest BCUT2D eigenvalue weighted by atomic mass is 10.1. The van der Waals surface area contributed by atoms with Crippen molar-refractivity contribution in [1.82, 2.24) is 19.4 Å². The van der Waals surface area contributed by atoms with Crippen LogP contribution in [0.15, 0.2) is 77.7 Å². The van der Waals surface area contributed by atoms with E-state index in [9.17, 15) is 13.2 Å². The zero-order chi connectivity index (χ0) is 28.0. The molecule has 8 heteroatoms. The summed E-state index contributed by atoms with van der Waals surface area (Å²) in [6, 6.07) is 23.3. The van der Waals surface area contributed by atoms with Gasteiger partial charge < -0.3 is 5.32 Å². The number of nitrogens with one attached hydrogen (secondary N) is 1. The molecule has 7 nitrogen and oxygen atoms in total. The largest absolute Gasteiger partial charge is 0.348 e. The molecule has 0 unspecified atom stereocenters. The second kappa shape index (κ2) is 13.1. The van der Waals surface area contributed by atoms with E-state index in [2.05, 4.69) is 39.4 Å². The summed E-state index contributed by atoms with van der Waals surface area (Å²) < 4.78 is 27.6. The highest BCUT2D eigenvalue weighted by Gasteiger charge is 2.28. The van der Waals surface area contributed by atoms with Crippen molar-refractivity contribution in [1.29, 1.82) is 0 Å². The Morgan fingerprint density at radius 1 is 0.725 bits per heavy atom. The third kappa shape index (κ3) is 7.37. The first-order valence-electron chi connectivity index (χ1n) is 14.3. The first-order chi connectivity index (χ1) is 19.4. The van der Waals surface area contributed by atoms with Gasteiger partial charge in [0.15, 0.2) is 0 Å². The van der Waals surface area contributed by atoms with E-state index in [1.807, 2.05) is 43.3 Å². The van der Waals surface area contributed by atoms with Crippen LogP contribution in [-0.2, 0) is 29.7 Å². The lowest BCUT2D eigenvalue weighted by molar-refractivity contribution is 0.0950. The van der Waals surface area contributed by atoms with E-state index in [4.69, 9.17) is 0 Å². The zero-order valence-electron chi connectivity index (χ0n) is 23.4. The quantitative estimate of drug-likeness (QED) is 0.420. The van der Waals surface area contributed by atoms with E-state index in [0.717, 1.165) is 23.2 Å². The van der Waals surface area contributed by atoms with Gasteiger partial charge in [-0.2, -0.15) is 4.31 Å². The van der Waals surface area contributed by atoms with E-state index < -0.39 is 10.0 Å². The van der Waals surface area contributed by atoms with Crippen molar-refractivity contribution < 1.29 is 13.2 Å². The average molecular weight is 561 g/mol. The summed E-state index contributed by atoms with van der Waals surface area (Å²) in [4.78, 5) is 18.1. The normalized spacial score (nSPS) is 17.5. The van der Waals surface area contributed by atoms with Gasteiger partial charge in [-0.15, -0.1) is 0 Å². The molecule has 2 saturated heterocycles. The van der Waals surface area contributed by atoms with Crippen molar-refractivity contribution in [2.75, 3.05) is 39.3 Å². The number of carbonyl (C=O) groups excluding carboxylic acids is 1. The number of hydrogen-bond acceptors (Lipinski definition) is 5. The molecule has 1 amide bonds. The molecule has 0 radical (unpaired) electrons. The molecule has 0 spiro atoms. The van der Waals surface area contributed by atoms with Crippen molar-refractivity contribution in [3.8, 4) is 0 Å². The molecule has 2 aliphatic heterocycles. The standard InChI is InChI=1S/C32H40N4O3S/c1-26-11-13-31(14-12-26)40(38,39)36-19-17-35(18-20-36)25-29-9-6-10-30(22-29)32(37)33-23-27-7-5-8-28(21-27)24-34-15-3-2-4-16-34/h5-14,21-22H,2-4,15-20,23-25H2,1H3,(H,33,37). The van der Waals surface area contributed by atoms with Gasteiger partial charge in [0.2, 0.25) is 10.0 Å². The van der Waals surface area contributed by atoms with Crippen LogP contribution in [0.4, 0.5) is 0 Å². The fourth-order valence-corrected chi connectivity index (χ4v) is 6.98. The van der Waals surface area contributed by atoms with Gasteiger partial charge in [-0.3, -0.25) is 14.6 Å². The third-order valence-electron chi connectivity index (χ3n) is 7.88. The molecular formula is C32H40N4O3S. The van der Waals surface area contributed by atoms with Crippen LogP contribution in [0.25, 0.3) is 0 Å². The minimum atomic E-state index is -3.48. The van der Waals surface area contributed by atoms with Gasteiger partial charge in [-0.1, -0.05) is 60.5 Å². The number of rotatable bonds is 9. The molecule has 0 bridgehead atoms. The minimum absolute atomic E-state index is 0.0858. The Balaban J connectivity index is 1.12. The summed E-state index contributed by atoms with van der Waals surface area (Å²) in [6.07, 6.45) is 3.89. The molecule has 2 heterocycles. The van der Waals surface area contributed by atoms with Gasteiger partial charge in [0.1, 0.15) is 0 Å². The van der Waals surface area contributed by atoms with Crippen molar-refractivity contribution in [3.63, 3.8) is 0 Å². The molecule has 2 aliphatic rings. The van der Waals surface area contributed by atoms with Crippen LogP contribution in [0.1, 0.15) is 51.9 Å². The number of hydrogen-bond donors (Lipinski definition) is 1. The van der Waals surface area contributed by atoms with Crippen molar-refractivity contribution >= 4 is 15.9 Å². The van der Waals surface area contributed by atoms with Crippen LogP contribution in [0.3, 0.4) is 0 Å². The smallest absolute Gasteiger partial charge is 0.251 e. The molecule has 40 heavy (non-hydrogen) atoms. The number of piperazine rings is 1. The molecular weight excluding hydrogens is 520 g/mol. The highest BCUT2D eigenvalue weighted by molar-refractivity contribution is 7.89. The maximum absolute atomic E-state index is 13.0. The van der Waals surface area contributed by atoms with Crippen LogP contribution < -0.4 is 5.32 Å².